The van der Waals surface area contributed by atoms with Crippen molar-refractivity contribution in [1.29, 1.82) is 0 Å². The molecular formula is C13H10BrCl3O2. The summed E-state index contributed by atoms with van der Waals surface area (Å²) in [6, 6.07) is 6.91. The molecular weight excluding hydrogens is 374 g/mol. The fraction of sp³-hybridized carbons (Fsp3) is 0.231. The van der Waals surface area contributed by atoms with Crippen molar-refractivity contribution in [3.63, 3.8) is 0 Å². The first-order chi connectivity index (χ1) is 9.02. The summed E-state index contributed by atoms with van der Waals surface area (Å²) in [6.45, 7) is 2.41. The lowest BCUT2D eigenvalue weighted by Gasteiger charge is -2.13. The van der Waals surface area contributed by atoms with Gasteiger partial charge in [0.1, 0.15) is 11.5 Å². The Morgan fingerprint density at radius 3 is 2.53 bits per heavy atom. The molecule has 2 nitrogen and oxygen atoms in total. The minimum absolute atomic E-state index is 0.222. The highest BCUT2D eigenvalue weighted by Crippen LogP contribution is 2.41. The lowest BCUT2D eigenvalue weighted by molar-refractivity contribution is 0.340. The quantitative estimate of drug-likeness (QED) is 0.592. The second-order valence-corrected chi connectivity index (χ2v) is 5.84. The van der Waals surface area contributed by atoms with Gasteiger partial charge in [-0.25, -0.2) is 0 Å². The number of benzene rings is 1. The van der Waals surface area contributed by atoms with Crippen molar-refractivity contribution in [3.8, 4) is 5.75 Å². The summed E-state index contributed by atoms with van der Waals surface area (Å²) in [4.78, 5) is -0.222. The van der Waals surface area contributed by atoms with Crippen molar-refractivity contribution in [2.75, 3.05) is 6.61 Å². The smallest absolute Gasteiger partial charge is 0.193 e. The lowest BCUT2D eigenvalue weighted by Crippen LogP contribution is -1.96. The highest BCUT2D eigenvalue weighted by atomic mass is 79.9. The van der Waals surface area contributed by atoms with Crippen molar-refractivity contribution in [3.05, 3.63) is 50.9 Å². The molecule has 2 aromatic rings. The van der Waals surface area contributed by atoms with E-state index in [1.54, 1.807) is 24.3 Å². The SMILES string of the molecule is CCOc1cc(Cl)c(C(Br)c2ccc(Cl)o2)cc1Cl. The maximum absolute atomic E-state index is 6.25. The zero-order chi connectivity index (χ0) is 14.0. The van der Waals surface area contributed by atoms with Crippen LogP contribution in [-0.4, -0.2) is 6.61 Å². The van der Waals surface area contributed by atoms with Crippen LogP contribution in [0.2, 0.25) is 15.3 Å². The Balaban J connectivity index is 2.37. The Hall–Kier alpha value is -0.350. The van der Waals surface area contributed by atoms with Gasteiger partial charge in [0.05, 0.1) is 16.5 Å². The second-order valence-electron chi connectivity index (χ2n) is 3.74. The Morgan fingerprint density at radius 1 is 1.21 bits per heavy atom. The summed E-state index contributed by atoms with van der Waals surface area (Å²) in [5, 5.41) is 1.37. The van der Waals surface area contributed by atoms with E-state index in [0.717, 1.165) is 5.56 Å². The molecule has 0 aliphatic heterocycles. The number of furan rings is 1. The van der Waals surface area contributed by atoms with Crippen LogP contribution in [0, 0.1) is 0 Å². The first-order valence-electron chi connectivity index (χ1n) is 5.54. The Labute approximate surface area is 134 Å². The molecule has 2 rings (SSSR count). The van der Waals surface area contributed by atoms with Gasteiger partial charge in [-0.15, -0.1) is 0 Å². The molecule has 6 heteroatoms. The van der Waals surface area contributed by atoms with Crippen molar-refractivity contribution in [2.24, 2.45) is 0 Å². The summed E-state index contributed by atoms with van der Waals surface area (Å²) in [5.41, 5.74) is 0.793. The Kier molecular flexibility index (Phi) is 5.07. The fourth-order valence-corrected chi connectivity index (χ4v) is 3.02. The average Bonchev–Trinajstić information content (AvgIpc) is 2.79. The summed E-state index contributed by atoms with van der Waals surface area (Å²) in [6.07, 6.45) is 0. The number of alkyl halides is 1. The predicted molar refractivity (Wildman–Crippen MR) is 82.1 cm³/mol. The van der Waals surface area contributed by atoms with E-state index >= 15 is 0 Å². The van der Waals surface area contributed by atoms with Crippen LogP contribution in [0.4, 0.5) is 0 Å². The van der Waals surface area contributed by atoms with Crippen LogP contribution in [0.15, 0.2) is 28.7 Å². The fourth-order valence-electron chi connectivity index (χ4n) is 1.62. The topological polar surface area (TPSA) is 22.4 Å². The highest BCUT2D eigenvalue weighted by Gasteiger charge is 2.19. The molecule has 0 N–H and O–H groups in total. The van der Waals surface area contributed by atoms with Gasteiger partial charge < -0.3 is 9.15 Å². The molecule has 0 radical (unpaired) electrons. The zero-order valence-electron chi connectivity index (χ0n) is 9.92. The van der Waals surface area contributed by atoms with Crippen LogP contribution in [0.3, 0.4) is 0 Å². The molecule has 0 saturated heterocycles. The molecule has 0 amide bonds. The minimum Gasteiger partial charge on any atom is -0.492 e. The standard InChI is InChI=1S/C13H10BrCl3O2/c1-2-18-11-6-8(15)7(5-9(11)16)13(14)10-3-4-12(17)19-10/h3-6,13H,2H2,1H3. The lowest BCUT2D eigenvalue weighted by atomic mass is 10.1. The molecule has 1 aromatic heterocycles. The number of hydrogen-bond acceptors (Lipinski definition) is 2. The molecule has 19 heavy (non-hydrogen) atoms. The molecule has 1 unspecified atom stereocenters. The monoisotopic (exact) mass is 382 g/mol. The van der Waals surface area contributed by atoms with Crippen molar-refractivity contribution in [2.45, 2.75) is 11.8 Å². The molecule has 102 valence electrons. The summed E-state index contributed by atoms with van der Waals surface area (Å²) in [5.74, 6) is 1.22. The van der Waals surface area contributed by atoms with Gasteiger partial charge >= 0.3 is 0 Å². The number of rotatable bonds is 4. The maximum Gasteiger partial charge on any atom is 0.193 e. The van der Waals surface area contributed by atoms with Gasteiger partial charge in [0.25, 0.3) is 0 Å². The van der Waals surface area contributed by atoms with Crippen LogP contribution >= 0.6 is 50.7 Å². The molecule has 0 fully saturated rings. The third kappa shape index (κ3) is 3.40. The first-order valence-corrected chi connectivity index (χ1v) is 7.59. The third-order valence-electron chi connectivity index (χ3n) is 2.47. The Bertz CT molecular complexity index is 583. The largest absolute Gasteiger partial charge is 0.492 e. The van der Waals surface area contributed by atoms with Crippen LogP contribution < -0.4 is 4.74 Å². The van der Waals surface area contributed by atoms with Crippen LogP contribution in [-0.2, 0) is 0 Å². The van der Waals surface area contributed by atoms with E-state index in [1.165, 1.54) is 0 Å². The van der Waals surface area contributed by atoms with Crippen LogP contribution in [0.1, 0.15) is 23.1 Å². The minimum atomic E-state index is -0.222. The van der Waals surface area contributed by atoms with Crippen molar-refractivity contribution < 1.29 is 9.15 Å². The number of halogens is 4. The normalized spacial score (nSPS) is 12.5. The molecule has 0 bridgehead atoms. The summed E-state index contributed by atoms with van der Waals surface area (Å²) >= 11 is 21.7. The van der Waals surface area contributed by atoms with Crippen molar-refractivity contribution in [1.82, 2.24) is 0 Å². The van der Waals surface area contributed by atoms with Gasteiger partial charge in [-0.3, -0.25) is 0 Å². The second kappa shape index (κ2) is 6.40. The van der Waals surface area contributed by atoms with E-state index < -0.39 is 0 Å². The molecule has 0 aliphatic carbocycles. The van der Waals surface area contributed by atoms with Gasteiger partial charge in [0, 0.05) is 11.1 Å². The third-order valence-corrected chi connectivity index (χ3v) is 4.24. The summed E-state index contributed by atoms with van der Waals surface area (Å²) in [7, 11) is 0. The molecule has 0 aliphatic rings. The highest BCUT2D eigenvalue weighted by molar-refractivity contribution is 9.09. The first kappa shape index (κ1) is 15.0. The van der Waals surface area contributed by atoms with E-state index in [0.29, 0.717) is 33.4 Å². The van der Waals surface area contributed by atoms with Gasteiger partial charge in [0.15, 0.2) is 5.22 Å². The van der Waals surface area contributed by atoms with E-state index in [2.05, 4.69) is 15.9 Å². The maximum atomic E-state index is 6.25. The van der Waals surface area contributed by atoms with Gasteiger partial charge in [0.2, 0.25) is 0 Å². The van der Waals surface area contributed by atoms with Crippen molar-refractivity contribution >= 4 is 50.7 Å². The van der Waals surface area contributed by atoms with Gasteiger partial charge in [-0.05, 0) is 42.3 Å². The van der Waals surface area contributed by atoms with E-state index in [9.17, 15) is 0 Å². The predicted octanol–water partition coefficient (Wildman–Crippen LogP) is 6.12. The Morgan fingerprint density at radius 2 is 1.95 bits per heavy atom. The van der Waals surface area contributed by atoms with E-state index in [1.807, 2.05) is 6.92 Å². The molecule has 0 spiro atoms. The number of hydrogen-bond donors (Lipinski definition) is 0. The van der Waals surface area contributed by atoms with E-state index in [-0.39, 0.29) is 4.83 Å². The van der Waals surface area contributed by atoms with E-state index in [4.69, 9.17) is 44.0 Å². The average molecular weight is 384 g/mol. The van der Waals surface area contributed by atoms with Crippen LogP contribution in [0.5, 0.6) is 5.75 Å². The number of ether oxygens (including phenoxy) is 1. The molecule has 1 aromatic carbocycles. The van der Waals surface area contributed by atoms with Gasteiger partial charge in [-0.1, -0.05) is 39.1 Å². The zero-order valence-corrected chi connectivity index (χ0v) is 13.8. The molecule has 1 heterocycles. The molecule has 0 saturated carbocycles. The molecule has 1 atom stereocenters. The van der Waals surface area contributed by atoms with Crippen LogP contribution in [0.25, 0.3) is 0 Å². The summed E-state index contributed by atoms with van der Waals surface area (Å²) < 4.78 is 10.7. The van der Waals surface area contributed by atoms with Gasteiger partial charge in [-0.2, -0.15) is 0 Å².